The van der Waals surface area contributed by atoms with Crippen molar-refractivity contribution in [3.63, 3.8) is 0 Å². The van der Waals surface area contributed by atoms with Gasteiger partial charge >= 0.3 is 6.18 Å². The van der Waals surface area contributed by atoms with Crippen molar-refractivity contribution >= 4 is 39.1 Å². The molecule has 0 saturated heterocycles. The molecular weight excluding hydrogens is 569 g/mol. The second-order valence-corrected chi connectivity index (χ2v) is 12.2. The van der Waals surface area contributed by atoms with Crippen molar-refractivity contribution in [2.45, 2.75) is 55.3 Å². The van der Waals surface area contributed by atoms with Gasteiger partial charge in [0.15, 0.2) is 0 Å². The SMILES string of the molecule is NC1CCC/C=C/CN(c2cccc(C(F)(F)F)c2)S(=O)(=O)c2cc(ccc2Cl)C(=O)NCC2CC(C2)NC1=O. The zero-order valence-electron chi connectivity index (χ0n) is 21.5. The van der Waals surface area contributed by atoms with Gasteiger partial charge < -0.3 is 16.4 Å². The Bertz CT molecular complexity index is 1390. The maximum Gasteiger partial charge on any atom is 0.416 e. The zero-order chi connectivity index (χ0) is 29.1. The van der Waals surface area contributed by atoms with E-state index in [1.807, 2.05) is 0 Å². The lowest BCUT2D eigenvalue weighted by Gasteiger charge is -2.36. The highest BCUT2D eigenvalue weighted by Gasteiger charge is 2.34. The number of alkyl halides is 3. The number of anilines is 1. The van der Waals surface area contributed by atoms with Gasteiger partial charge in [-0.2, -0.15) is 13.2 Å². The van der Waals surface area contributed by atoms with E-state index >= 15 is 0 Å². The third-order valence-electron chi connectivity index (χ3n) is 7.02. The van der Waals surface area contributed by atoms with Crippen molar-refractivity contribution in [1.82, 2.24) is 10.6 Å². The van der Waals surface area contributed by atoms with Crippen molar-refractivity contribution in [3.8, 4) is 0 Å². The summed E-state index contributed by atoms with van der Waals surface area (Å²) in [5.74, 6) is -0.642. The number of carbonyl (C=O) groups excluding carboxylic acids is 2. The van der Waals surface area contributed by atoms with Crippen LogP contribution in [-0.2, 0) is 21.0 Å². The molecule has 2 heterocycles. The number of benzene rings is 2. The Morgan fingerprint density at radius 2 is 1.80 bits per heavy atom. The molecule has 0 aromatic heterocycles. The molecule has 3 aliphatic rings. The maximum atomic E-state index is 13.8. The Morgan fingerprint density at radius 1 is 1.05 bits per heavy atom. The quantitative estimate of drug-likeness (QED) is 0.424. The fourth-order valence-electron chi connectivity index (χ4n) is 4.68. The lowest BCUT2D eigenvalue weighted by Crippen LogP contribution is -2.52. The van der Waals surface area contributed by atoms with Gasteiger partial charge in [0, 0.05) is 18.2 Å². The van der Waals surface area contributed by atoms with Crippen LogP contribution in [0.3, 0.4) is 0 Å². The topological polar surface area (TPSA) is 122 Å². The highest BCUT2D eigenvalue weighted by atomic mass is 35.5. The van der Waals surface area contributed by atoms with Crippen LogP contribution >= 0.6 is 11.6 Å². The molecule has 1 atom stereocenters. The predicted molar refractivity (Wildman–Crippen MR) is 145 cm³/mol. The number of nitrogens with zero attached hydrogens (tertiary/aromatic N) is 1. The Labute approximate surface area is 235 Å². The summed E-state index contributed by atoms with van der Waals surface area (Å²) >= 11 is 6.26. The first-order valence-corrected chi connectivity index (χ1v) is 14.7. The van der Waals surface area contributed by atoms with E-state index in [1.54, 1.807) is 6.08 Å². The molecule has 8 nitrogen and oxygen atoms in total. The summed E-state index contributed by atoms with van der Waals surface area (Å²) in [6.07, 6.45) is 1.28. The van der Waals surface area contributed by atoms with E-state index in [-0.39, 0.29) is 40.7 Å². The van der Waals surface area contributed by atoms with Gasteiger partial charge in [-0.15, -0.1) is 0 Å². The molecule has 5 rings (SSSR count). The zero-order valence-corrected chi connectivity index (χ0v) is 23.0. The first kappa shape index (κ1) is 29.9. The first-order valence-electron chi connectivity index (χ1n) is 12.8. The number of amides is 2. The number of hydrogen-bond donors (Lipinski definition) is 3. The molecule has 0 radical (unpaired) electrons. The minimum atomic E-state index is -4.69. The number of nitrogens with two attached hydrogens (primary N) is 1. The van der Waals surface area contributed by atoms with Crippen LogP contribution in [0.1, 0.15) is 48.0 Å². The number of fused-ring (bicyclic) bond motifs is 11. The maximum absolute atomic E-state index is 13.8. The van der Waals surface area contributed by atoms with Crippen molar-refractivity contribution in [2.24, 2.45) is 11.7 Å². The Morgan fingerprint density at radius 3 is 2.52 bits per heavy atom. The molecule has 0 spiro atoms. The summed E-state index contributed by atoms with van der Waals surface area (Å²) in [7, 11) is -4.51. The number of hydrogen-bond acceptors (Lipinski definition) is 5. The summed E-state index contributed by atoms with van der Waals surface area (Å²) in [6, 6.07) is 7.03. The first-order chi connectivity index (χ1) is 18.9. The number of sulfonamides is 1. The smallest absolute Gasteiger partial charge is 0.352 e. The molecule has 2 aromatic rings. The molecule has 1 fully saturated rings. The number of nitrogens with one attached hydrogen (secondary N) is 2. The standard InChI is InChI=1S/C27H30ClF3N4O4S/c28-22-10-9-18-14-24(22)40(38,39)35(21-7-5-6-19(15-21)27(29,30)31)11-4-2-1-3-8-23(32)26(37)34-20-12-17(13-20)16-33-25(18)36/h2,4-7,9-10,14-15,17,20,23H,1,3,8,11-13,16,32H2,(H,33,36)(H,34,37)/b4-2+. The van der Waals surface area contributed by atoms with Crippen LogP contribution in [-0.4, -0.2) is 45.4 Å². The number of halogens is 4. The summed E-state index contributed by atoms with van der Waals surface area (Å²) < 4.78 is 68.8. The fourth-order valence-corrected chi connectivity index (χ4v) is 6.59. The molecule has 216 valence electrons. The van der Waals surface area contributed by atoms with Gasteiger partial charge in [0.05, 0.1) is 28.9 Å². The summed E-state index contributed by atoms with van der Waals surface area (Å²) in [5.41, 5.74) is 4.81. The van der Waals surface area contributed by atoms with Crippen LogP contribution in [0.5, 0.6) is 0 Å². The highest BCUT2D eigenvalue weighted by molar-refractivity contribution is 7.93. The molecule has 13 heteroatoms. The molecule has 4 N–H and O–H groups in total. The molecule has 2 amide bonds. The van der Waals surface area contributed by atoms with Crippen LogP contribution in [0.2, 0.25) is 5.02 Å². The van der Waals surface area contributed by atoms with Crippen molar-refractivity contribution in [2.75, 3.05) is 17.4 Å². The van der Waals surface area contributed by atoms with E-state index in [1.165, 1.54) is 24.3 Å². The summed E-state index contributed by atoms with van der Waals surface area (Å²) in [6.45, 7) is 0.0232. The fraction of sp³-hybridized carbons (Fsp3) is 0.407. The van der Waals surface area contributed by atoms with Crippen LogP contribution in [0.25, 0.3) is 0 Å². The third-order valence-corrected chi connectivity index (χ3v) is 9.29. The number of rotatable bonds is 1. The summed E-state index contributed by atoms with van der Waals surface area (Å²) in [5, 5.41) is 5.52. The second kappa shape index (κ2) is 12.2. The van der Waals surface area contributed by atoms with Gasteiger partial charge in [-0.05, 0) is 74.4 Å². The largest absolute Gasteiger partial charge is 0.416 e. The van der Waals surface area contributed by atoms with E-state index in [2.05, 4.69) is 10.6 Å². The number of allylic oxidation sites excluding steroid dienone is 1. The van der Waals surface area contributed by atoms with Gasteiger partial charge in [-0.1, -0.05) is 29.8 Å². The molecule has 4 bridgehead atoms. The van der Waals surface area contributed by atoms with Gasteiger partial charge in [-0.3, -0.25) is 13.9 Å². The lowest BCUT2D eigenvalue weighted by atomic mass is 9.80. The minimum Gasteiger partial charge on any atom is -0.352 e. The molecule has 40 heavy (non-hydrogen) atoms. The molecule has 2 aliphatic heterocycles. The van der Waals surface area contributed by atoms with Gasteiger partial charge in [0.2, 0.25) is 5.91 Å². The Balaban J connectivity index is 1.70. The van der Waals surface area contributed by atoms with Gasteiger partial charge in [0.1, 0.15) is 4.90 Å². The molecule has 1 saturated carbocycles. The van der Waals surface area contributed by atoms with E-state index < -0.39 is 38.6 Å². The van der Waals surface area contributed by atoms with E-state index in [4.69, 9.17) is 17.3 Å². The second-order valence-electron chi connectivity index (χ2n) is 9.99. The molecule has 2 aromatic carbocycles. The average Bonchev–Trinajstić information content (AvgIpc) is 2.88. The predicted octanol–water partition coefficient (Wildman–Crippen LogP) is 4.25. The van der Waals surface area contributed by atoms with E-state index in [0.717, 1.165) is 28.6 Å². The van der Waals surface area contributed by atoms with Gasteiger partial charge in [-0.25, -0.2) is 8.42 Å². The van der Waals surface area contributed by atoms with Gasteiger partial charge in [0.25, 0.3) is 15.9 Å². The van der Waals surface area contributed by atoms with Crippen LogP contribution in [0.4, 0.5) is 18.9 Å². The number of carbonyl (C=O) groups is 2. The monoisotopic (exact) mass is 598 g/mol. The van der Waals surface area contributed by atoms with Crippen molar-refractivity contribution < 1.29 is 31.2 Å². The molecule has 1 aliphatic carbocycles. The molecular formula is C27H30ClF3N4O4S. The minimum absolute atomic E-state index is 0.0138. The summed E-state index contributed by atoms with van der Waals surface area (Å²) in [4.78, 5) is 24.8. The lowest BCUT2D eigenvalue weighted by molar-refractivity contribution is -0.137. The third kappa shape index (κ3) is 6.97. The highest BCUT2D eigenvalue weighted by Crippen LogP contribution is 2.35. The van der Waals surface area contributed by atoms with E-state index in [0.29, 0.717) is 38.6 Å². The Hall–Kier alpha value is -3.09. The van der Waals surface area contributed by atoms with Crippen LogP contribution in [0, 0.1) is 5.92 Å². The van der Waals surface area contributed by atoms with Crippen LogP contribution < -0.4 is 20.7 Å². The van der Waals surface area contributed by atoms with Crippen molar-refractivity contribution in [3.05, 3.63) is 70.8 Å². The van der Waals surface area contributed by atoms with E-state index in [9.17, 15) is 31.2 Å². The Kier molecular flexibility index (Phi) is 9.11. The van der Waals surface area contributed by atoms with Crippen molar-refractivity contribution in [1.29, 1.82) is 0 Å². The average molecular weight is 599 g/mol. The van der Waals surface area contributed by atoms with Crippen LogP contribution in [0.15, 0.2) is 59.5 Å². The molecule has 1 unspecified atom stereocenters. The normalized spacial score (nSPS) is 25.2.